The van der Waals surface area contributed by atoms with Gasteiger partial charge in [0.2, 0.25) is 5.91 Å². The second-order valence-electron chi connectivity index (χ2n) is 7.73. The van der Waals surface area contributed by atoms with Gasteiger partial charge in [-0.05, 0) is 40.5 Å². The number of ether oxygens (including phenoxy) is 1. The van der Waals surface area contributed by atoms with E-state index < -0.39 is 18.3 Å². The first-order valence-electron chi connectivity index (χ1n) is 8.78. The number of hydrogen-bond acceptors (Lipinski definition) is 6. The molecule has 136 valence electrons. The molecular formula is C17H26BN3O4. The lowest BCUT2D eigenvalue weighted by molar-refractivity contribution is -0.131. The molecule has 7 nitrogen and oxygen atoms in total. The van der Waals surface area contributed by atoms with Crippen LogP contribution in [0, 0.1) is 0 Å². The van der Waals surface area contributed by atoms with Gasteiger partial charge in [-0.15, -0.1) is 0 Å². The Balaban J connectivity index is 1.62. The van der Waals surface area contributed by atoms with E-state index in [-0.39, 0.29) is 12.0 Å². The van der Waals surface area contributed by atoms with Crippen molar-refractivity contribution in [1.82, 2.24) is 14.9 Å². The first-order chi connectivity index (χ1) is 11.7. The van der Waals surface area contributed by atoms with Crippen LogP contribution in [0.4, 0.5) is 0 Å². The second-order valence-corrected chi connectivity index (χ2v) is 7.73. The Kier molecular flexibility index (Phi) is 4.77. The average molecular weight is 347 g/mol. The Morgan fingerprint density at radius 2 is 1.84 bits per heavy atom. The molecule has 2 fully saturated rings. The minimum Gasteiger partial charge on any atom is -0.458 e. The quantitative estimate of drug-likeness (QED) is 0.764. The van der Waals surface area contributed by atoms with Crippen LogP contribution in [0.3, 0.4) is 0 Å². The van der Waals surface area contributed by atoms with Crippen LogP contribution >= 0.6 is 0 Å². The van der Waals surface area contributed by atoms with Crippen molar-refractivity contribution >= 4 is 18.5 Å². The molecule has 0 radical (unpaired) electrons. The Bertz CT molecular complexity index is 619. The molecule has 1 amide bonds. The maximum atomic E-state index is 11.5. The molecule has 0 unspecified atom stereocenters. The van der Waals surface area contributed by atoms with Crippen LogP contribution in [-0.2, 0) is 14.1 Å². The molecule has 1 atom stereocenters. The number of rotatable bonds is 3. The topological polar surface area (TPSA) is 73.8 Å². The summed E-state index contributed by atoms with van der Waals surface area (Å²) in [6, 6.07) is 0.315. The lowest BCUT2D eigenvalue weighted by Crippen LogP contribution is -2.43. The Morgan fingerprint density at radius 3 is 2.40 bits per heavy atom. The molecular weight excluding hydrogens is 321 g/mol. The molecule has 3 heterocycles. The minimum atomic E-state index is -0.484. The molecule has 1 aromatic rings. The van der Waals surface area contributed by atoms with E-state index in [0.717, 1.165) is 24.8 Å². The van der Waals surface area contributed by atoms with Gasteiger partial charge in [-0.2, -0.15) is 0 Å². The van der Waals surface area contributed by atoms with Gasteiger partial charge in [0.15, 0.2) is 0 Å². The molecule has 25 heavy (non-hydrogen) atoms. The van der Waals surface area contributed by atoms with Gasteiger partial charge in [0.25, 0.3) is 0 Å². The molecule has 2 aliphatic rings. The van der Waals surface area contributed by atoms with Gasteiger partial charge >= 0.3 is 13.1 Å². The van der Waals surface area contributed by atoms with Crippen LogP contribution in [0.2, 0.25) is 0 Å². The first-order valence-corrected chi connectivity index (χ1v) is 8.78. The van der Waals surface area contributed by atoms with E-state index in [1.807, 2.05) is 27.7 Å². The number of aromatic nitrogens is 2. The zero-order chi connectivity index (χ0) is 18.2. The van der Waals surface area contributed by atoms with E-state index in [9.17, 15) is 4.79 Å². The SMILES string of the molecule is CC(=O)N1CCC[C@H](Oc2ncc(B3OC(C)(C)C(C)(C)O3)cn2)C1. The molecule has 2 saturated heterocycles. The standard InChI is InChI=1S/C17H26BN3O4/c1-12(22)21-8-6-7-14(11-21)23-15-19-9-13(10-20-15)18-24-16(2,3)17(4,5)25-18/h9-10,14H,6-8,11H2,1-5H3/t14-/m0/s1. The smallest absolute Gasteiger partial charge is 0.458 e. The summed E-state index contributed by atoms with van der Waals surface area (Å²) >= 11 is 0. The highest BCUT2D eigenvalue weighted by Crippen LogP contribution is 2.36. The maximum absolute atomic E-state index is 11.5. The molecule has 0 saturated carbocycles. The number of carbonyl (C=O) groups is 1. The van der Waals surface area contributed by atoms with Crippen molar-refractivity contribution in [2.45, 2.75) is 64.8 Å². The highest BCUT2D eigenvalue weighted by Gasteiger charge is 2.52. The second kappa shape index (κ2) is 6.57. The molecule has 0 aromatic carbocycles. The highest BCUT2D eigenvalue weighted by atomic mass is 16.7. The predicted octanol–water partition coefficient (Wildman–Crippen LogP) is 1.17. The summed E-state index contributed by atoms with van der Waals surface area (Å²) < 4.78 is 17.8. The van der Waals surface area contributed by atoms with Crippen LogP contribution < -0.4 is 10.2 Å². The van der Waals surface area contributed by atoms with Crippen molar-refractivity contribution in [3.05, 3.63) is 12.4 Å². The Hall–Kier alpha value is -1.67. The number of piperidine rings is 1. The zero-order valence-electron chi connectivity index (χ0n) is 15.6. The summed E-state index contributed by atoms with van der Waals surface area (Å²) in [5.41, 5.74) is -0.0316. The molecule has 0 N–H and O–H groups in total. The molecule has 3 rings (SSSR count). The summed E-state index contributed by atoms with van der Waals surface area (Å²) in [5.74, 6) is 0.0744. The van der Waals surface area contributed by atoms with Crippen molar-refractivity contribution < 1.29 is 18.8 Å². The number of carbonyl (C=O) groups excluding carboxylic acids is 1. The average Bonchev–Trinajstić information content (AvgIpc) is 2.76. The minimum absolute atomic E-state index is 0.0691. The third kappa shape index (κ3) is 3.79. The van der Waals surface area contributed by atoms with Crippen molar-refractivity contribution in [1.29, 1.82) is 0 Å². The summed E-state index contributed by atoms with van der Waals surface area (Å²) in [6.07, 6.45) is 5.11. The summed E-state index contributed by atoms with van der Waals surface area (Å²) in [4.78, 5) is 21.9. The van der Waals surface area contributed by atoms with Crippen molar-refractivity contribution in [2.24, 2.45) is 0 Å². The molecule has 0 aliphatic carbocycles. The lowest BCUT2D eigenvalue weighted by Gasteiger charge is -2.32. The number of hydrogen-bond donors (Lipinski definition) is 0. The largest absolute Gasteiger partial charge is 0.498 e. The fourth-order valence-electron chi connectivity index (χ4n) is 2.96. The Labute approximate surface area is 149 Å². The fraction of sp³-hybridized carbons (Fsp3) is 0.706. The van der Waals surface area contributed by atoms with E-state index >= 15 is 0 Å². The maximum Gasteiger partial charge on any atom is 0.498 e. The van der Waals surface area contributed by atoms with E-state index in [0.29, 0.717) is 12.6 Å². The third-order valence-corrected chi connectivity index (χ3v) is 5.27. The van der Waals surface area contributed by atoms with Crippen LogP contribution in [0.25, 0.3) is 0 Å². The molecule has 0 bridgehead atoms. The third-order valence-electron chi connectivity index (χ3n) is 5.27. The first kappa shape index (κ1) is 18.1. The predicted molar refractivity (Wildman–Crippen MR) is 93.7 cm³/mol. The van der Waals surface area contributed by atoms with Gasteiger partial charge in [0.05, 0.1) is 17.7 Å². The van der Waals surface area contributed by atoms with Crippen molar-refractivity contribution in [2.75, 3.05) is 13.1 Å². The van der Waals surface area contributed by atoms with Crippen molar-refractivity contribution in [3.8, 4) is 6.01 Å². The number of likely N-dealkylation sites (tertiary alicyclic amines) is 1. The van der Waals surface area contributed by atoms with Crippen LogP contribution in [-0.4, -0.2) is 58.3 Å². The zero-order valence-corrected chi connectivity index (χ0v) is 15.6. The van der Waals surface area contributed by atoms with Gasteiger partial charge in [-0.25, -0.2) is 9.97 Å². The normalized spacial score (nSPS) is 25.1. The lowest BCUT2D eigenvalue weighted by atomic mass is 9.81. The fourth-order valence-corrected chi connectivity index (χ4v) is 2.96. The highest BCUT2D eigenvalue weighted by molar-refractivity contribution is 6.61. The van der Waals surface area contributed by atoms with Crippen LogP contribution in [0.15, 0.2) is 12.4 Å². The van der Waals surface area contributed by atoms with Gasteiger partial charge in [0, 0.05) is 31.3 Å². The summed E-state index contributed by atoms with van der Waals surface area (Å²) in [6.45, 7) is 11.0. The van der Waals surface area contributed by atoms with E-state index in [4.69, 9.17) is 14.0 Å². The van der Waals surface area contributed by atoms with E-state index in [1.54, 1.807) is 24.2 Å². The van der Waals surface area contributed by atoms with Gasteiger partial charge < -0.3 is 18.9 Å². The van der Waals surface area contributed by atoms with Crippen LogP contribution in [0.1, 0.15) is 47.5 Å². The Morgan fingerprint density at radius 1 is 1.24 bits per heavy atom. The summed E-state index contributed by atoms with van der Waals surface area (Å²) in [7, 11) is -0.484. The monoisotopic (exact) mass is 347 g/mol. The van der Waals surface area contributed by atoms with Gasteiger partial charge in [-0.3, -0.25) is 4.79 Å². The molecule has 1 aromatic heterocycles. The number of amides is 1. The van der Waals surface area contributed by atoms with E-state index in [1.165, 1.54) is 0 Å². The van der Waals surface area contributed by atoms with Gasteiger partial charge in [-0.1, -0.05) is 0 Å². The van der Waals surface area contributed by atoms with Gasteiger partial charge in [0.1, 0.15) is 6.10 Å². The molecule has 0 spiro atoms. The summed E-state index contributed by atoms with van der Waals surface area (Å²) in [5, 5.41) is 0. The molecule has 8 heteroatoms. The van der Waals surface area contributed by atoms with E-state index in [2.05, 4.69) is 9.97 Å². The van der Waals surface area contributed by atoms with Crippen LogP contribution in [0.5, 0.6) is 6.01 Å². The molecule has 2 aliphatic heterocycles. The van der Waals surface area contributed by atoms with Crippen molar-refractivity contribution in [3.63, 3.8) is 0 Å². The number of nitrogens with zero attached hydrogens (tertiary/aromatic N) is 3.